The lowest BCUT2D eigenvalue weighted by atomic mass is 9.94. The fourth-order valence-corrected chi connectivity index (χ4v) is 2.37. The normalized spacial score (nSPS) is 14.1. The number of rotatable bonds is 11. The van der Waals surface area contributed by atoms with Gasteiger partial charge in [-0.3, -0.25) is 4.79 Å². The van der Waals surface area contributed by atoms with Crippen molar-refractivity contribution in [3.8, 4) is 0 Å². The van der Waals surface area contributed by atoms with Crippen molar-refractivity contribution in [2.24, 2.45) is 17.6 Å². The van der Waals surface area contributed by atoms with Crippen molar-refractivity contribution in [3.63, 3.8) is 0 Å². The molecule has 0 fully saturated rings. The highest BCUT2D eigenvalue weighted by Gasteiger charge is 2.21. The number of carboxylic acid groups (broad SMARTS) is 1. The fourth-order valence-electron chi connectivity index (χ4n) is 2.37. The van der Waals surface area contributed by atoms with Crippen LogP contribution in [0.25, 0.3) is 0 Å². The van der Waals surface area contributed by atoms with Gasteiger partial charge in [-0.05, 0) is 37.6 Å². The third-order valence-electron chi connectivity index (χ3n) is 3.39. The van der Waals surface area contributed by atoms with Crippen LogP contribution in [0.4, 0.5) is 0 Å². The maximum atomic E-state index is 11.8. The topological polar surface area (TPSA) is 92.4 Å². The van der Waals surface area contributed by atoms with Gasteiger partial charge in [-0.15, -0.1) is 0 Å². The van der Waals surface area contributed by atoms with Crippen molar-refractivity contribution < 1.29 is 14.7 Å². The van der Waals surface area contributed by atoms with Crippen LogP contribution in [-0.2, 0) is 9.59 Å². The fraction of sp³-hybridized carbons (Fsp3) is 0.867. The molecule has 4 N–H and O–H groups in total. The van der Waals surface area contributed by atoms with Crippen molar-refractivity contribution in [2.45, 2.75) is 65.3 Å². The van der Waals surface area contributed by atoms with Gasteiger partial charge in [0.15, 0.2) is 0 Å². The molecule has 118 valence electrons. The van der Waals surface area contributed by atoms with Crippen LogP contribution in [0, 0.1) is 11.8 Å². The van der Waals surface area contributed by atoms with E-state index in [0.717, 1.165) is 25.7 Å². The van der Waals surface area contributed by atoms with Gasteiger partial charge in [-0.1, -0.05) is 33.6 Å². The van der Waals surface area contributed by atoms with E-state index in [0.29, 0.717) is 25.3 Å². The average Bonchev–Trinajstić information content (AvgIpc) is 2.35. The first-order chi connectivity index (χ1) is 9.40. The standard InChI is InChI=1S/C15H30N2O3/c1-4-5-12(8-9-16)6-7-14(18)17-13(15(19)20)10-11(2)3/h11-13H,4-10,16H2,1-3H3,(H,17,18)(H,19,20). The molecule has 5 heteroatoms. The smallest absolute Gasteiger partial charge is 0.326 e. The zero-order valence-corrected chi connectivity index (χ0v) is 13.0. The van der Waals surface area contributed by atoms with E-state index in [1.807, 2.05) is 13.8 Å². The minimum atomic E-state index is -0.959. The van der Waals surface area contributed by atoms with Crippen LogP contribution in [0.2, 0.25) is 0 Å². The zero-order valence-electron chi connectivity index (χ0n) is 13.0. The first-order valence-corrected chi connectivity index (χ1v) is 7.62. The molecule has 0 rings (SSSR count). The summed E-state index contributed by atoms with van der Waals surface area (Å²) in [4.78, 5) is 22.9. The van der Waals surface area contributed by atoms with Crippen LogP contribution in [-0.4, -0.2) is 29.6 Å². The van der Waals surface area contributed by atoms with Crippen molar-refractivity contribution in [3.05, 3.63) is 0 Å². The minimum Gasteiger partial charge on any atom is -0.480 e. The van der Waals surface area contributed by atoms with Crippen molar-refractivity contribution in [1.82, 2.24) is 5.32 Å². The monoisotopic (exact) mass is 286 g/mol. The van der Waals surface area contributed by atoms with E-state index in [2.05, 4.69) is 12.2 Å². The van der Waals surface area contributed by atoms with Crippen molar-refractivity contribution >= 4 is 11.9 Å². The summed E-state index contributed by atoms with van der Waals surface area (Å²) < 4.78 is 0. The highest BCUT2D eigenvalue weighted by Crippen LogP contribution is 2.17. The molecule has 20 heavy (non-hydrogen) atoms. The Kier molecular flexibility index (Phi) is 10.1. The van der Waals surface area contributed by atoms with E-state index >= 15 is 0 Å². The molecule has 0 aromatic heterocycles. The Morgan fingerprint density at radius 3 is 2.30 bits per heavy atom. The van der Waals surface area contributed by atoms with Gasteiger partial charge in [0.1, 0.15) is 6.04 Å². The number of aliphatic carboxylic acids is 1. The molecule has 0 bridgehead atoms. The van der Waals surface area contributed by atoms with Gasteiger partial charge < -0.3 is 16.2 Å². The molecule has 0 aliphatic rings. The Hall–Kier alpha value is -1.10. The van der Waals surface area contributed by atoms with Crippen LogP contribution in [0.15, 0.2) is 0 Å². The quantitative estimate of drug-likeness (QED) is 0.542. The van der Waals surface area contributed by atoms with Crippen LogP contribution in [0.1, 0.15) is 59.3 Å². The second-order valence-corrected chi connectivity index (χ2v) is 5.86. The molecule has 0 aromatic rings. The maximum Gasteiger partial charge on any atom is 0.326 e. The second-order valence-electron chi connectivity index (χ2n) is 5.86. The molecular formula is C15H30N2O3. The molecule has 0 radical (unpaired) electrons. The van der Waals surface area contributed by atoms with Gasteiger partial charge in [-0.25, -0.2) is 4.79 Å². The largest absolute Gasteiger partial charge is 0.480 e. The van der Waals surface area contributed by atoms with Crippen LogP contribution in [0.3, 0.4) is 0 Å². The third kappa shape index (κ3) is 8.91. The molecule has 0 saturated heterocycles. The number of carboxylic acids is 1. The lowest BCUT2D eigenvalue weighted by Crippen LogP contribution is -2.41. The number of hydrogen-bond acceptors (Lipinski definition) is 3. The molecule has 1 amide bonds. The molecule has 0 heterocycles. The summed E-state index contributed by atoms with van der Waals surface area (Å²) >= 11 is 0. The SMILES string of the molecule is CCCC(CCN)CCC(=O)NC(CC(C)C)C(=O)O. The lowest BCUT2D eigenvalue weighted by Gasteiger charge is -2.18. The van der Waals surface area contributed by atoms with Crippen LogP contribution < -0.4 is 11.1 Å². The molecule has 2 atom stereocenters. The Bertz CT molecular complexity index is 287. The Morgan fingerprint density at radius 2 is 1.85 bits per heavy atom. The molecule has 0 aliphatic carbocycles. The Morgan fingerprint density at radius 1 is 1.20 bits per heavy atom. The highest BCUT2D eigenvalue weighted by molar-refractivity contribution is 5.83. The number of nitrogens with one attached hydrogen (secondary N) is 1. The molecule has 0 aliphatic heterocycles. The van der Waals surface area contributed by atoms with Crippen LogP contribution >= 0.6 is 0 Å². The van der Waals surface area contributed by atoms with Gasteiger partial charge in [0.2, 0.25) is 5.91 Å². The first-order valence-electron chi connectivity index (χ1n) is 7.62. The van der Waals surface area contributed by atoms with E-state index < -0.39 is 12.0 Å². The van der Waals surface area contributed by atoms with Gasteiger partial charge in [0.05, 0.1) is 0 Å². The summed E-state index contributed by atoms with van der Waals surface area (Å²) in [6.45, 7) is 6.64. The number of carbonyl (C=O) groups is 2. The average molecular weight is 286 g/mol. The number of hydrogen-bond donors (Lipinski definition) is 3. The minimum absolute atomic E-state index is 0.170. The van der Waals surface area contributed by atoms with Crippen molar-refractivity contribution in [1.29, 1.82) is 0 Å². The Labute approximate surface area is 122 Å². The molecule has 2 unspecified atom stereocenters. The predicted octanol–water partition coefficient (Wildman–Crippen LogP) is 2.15. The summed E-state index contributed by atoms with van der Waals surface area (Å²) in [5, 5.41) is 11.7. The van der Waals surface area contributed by atoms with E-state index in [-0.39, 0.29) is 11.8 Å². The molecular weight excluding hydrogens is 256 g/mol. The van der Waals surface area contributed by atoms with Crippen molar-refractivity contribution in [2.75, 3.05) is 6.54 Å². The second kappa shape index (κ2) is 10.7. The predicted molar refractivity (Wildman–Crippen MR) is 80.3 cm³/mol. The first kappa shape index (κ1) is 18.9. The molecule has 0 aromatic carbocycles. The van der Waals surface area contributed by atoms with E-state index in [9.17, 15) is 9.59 Å². The molecule has 0 saturated carbocycles. The number of nitrogens with two attached hydrogens (primary N) is 1. The van der Waals surface area contributed by atoms with Gasteiger partial charge in [0, 0.05) is 6.42 Å². The summed E-state index contributed by atoms with van der Waals surface area (Å²) in [6.07, 6.45) is 4.70. The van der Waals surface area contributed by atoms with E-state index in [4.69, 9.17) is 10.8 Å². The lowest BCUT2D eigenvalue weighted by molar-refractivity contribution is -0.142. The molecule has 5 nitrogen and oxygen atoms in total. The summed E-state index contributed by atoms with van der Waals surface area (Å²) in [6, 6.07) is -0.776. The summed E-state index contributed by atoms with van der Waals surface area (Å²) in [7, 11) is 0. The van der Waals surface area contributed by atoms with E-state index in [1.165, 1.54) is 0 Å². The van der Waals surface area contributed by atoms with Crippen LogP contribution in [0.5, 0.6) is 0 Å². The summed E-state index contributed by atoms with van der Waals surface area (Å²) in [5.41, 5.74) is 5.56. The zero-order chi connectivity index (χ0) is 15.5. The molecule has 0 spiro atoms. The Balaban J connectivity index is 4.20. The van der Waals surface area contributed by atoms with Gasteiger partial charge in [0.25, 0.3) is 0 Å². The highest BCUT2D eigenvalue weighted by atomic mass is 16.4. The number of carbonyl (C=O) groups excluding carboxylic acids is 1. The summed E-state index contributed by atoms with van der Waals surface area (Å²) in [5.74, 6) is -0.430. The maximum absolute atomic E-state index is 11.8. The number of amides is 1. The van der Waals surface area contributed by atoms with Gasteiger partial charge >= 0.3 is 5.97 Å². The van der Waals surface area contributed by atoms with Gasteiger partial charge in [-0.2, -0.15) is 0 Å². The van der Waals surface area contributed by atoms with E-state index in [1.54, 1.807) is 0 Å². The third-order valence-corrected chi connectivity index (χ3v) is 3.39.